The van der Waals surface area contributed by atoms with Gasteiger partial charge in [-0.3, -0.25) is 4.99 Å². The van der Waals surface area contributed by atoms with Gasteiger partial charge in [0, 0.05) is 63.8 Å². The third-order valence-electron chi connectivity index (χ3n) is 5.59. The van der Waals surface area contributed by atoms with Crippen LogP contribution in [0, 0.1) is 5.92 Å². The van der Waals surface area contributed by atoms with Crippen molar-refractivity contribution < 1.29 is 0 Å². The topological polar surface area (TPSA) is 59.9 Å². The van der Waals surface area contributed by atoms with Crippen LogP contribution in [0.3, 0.4) is 0 Å². The monoisotopic (exact) mass is 407 g/mol. The number of aliphatic imine (C=N–C) groups is 1. The predicted molar refractivity (Wildman–Crippen MR) is 119 cm³/mol. The maximum Gasteiger partial charge on any atom is 0.205 e. The van der Waals surface area contributed by atoms with Crippen molar-refractivity contribution in [2.24, 2.45) is 10.9 Å². The molecule has 0 aromatic carbocycles. The second-order valence-electron chi connectivity index (χ2n) is 7.96. The number of likely N-dealkylation sites (tertiary alicyclic amines) is 1. The number of rotatable bonds is 7. The zero-order valence-corrected chi connectivity index (χ0v) is 18.7. The Labute approximate surface area is 174 Å². The molecule has 3 rings (SSSR count). The highest BCUT2D eigenvalue weighted by atomic mass is 32.1. The second kappa shape index (κ2) is 11.0. The first-order valence-electron chi connectivity index (χ1n) is 11.0. The highest BCUT2D eigenvalue weighted by molar-refractivity contribution is 7.09. The normalized spacial score (nSPS) is 22.0. The van der Waals surface area contributed by atoms with Gasteiger partial charge < -0.3 is 20.0 Å². The molecule has 1 aromatic rings. The van der Waals surface area contributed by atoms with Crippen molar-refractivity contribution in [3.63, 3.8) is 0 Å². The van der Waals surface area contributed by atoms with Crippen LogP contribution >= 0.6 is 11.5 Å². The number of aryl methyl sites for hydroxylation is 1. The number of piperazine rings is 1. The smallest absolute Gasteiger partial charge is 0.205 e. The van der Waals surface area contributed by atoms with Crippen molar-refractivity contribution in [2.75, 3.05) is 63.8 Å². The van der Waals surface area contributed by atoms with Crippen molar-refractivity contribution in [2.45, 2.75) is 46.5 Å². The summed E-state index contributed by atoms with van der Waals surface area (Å²) in [5, 5.41) is 4.55. The fraction of sp³-hybridized carbons (Fsp3) is 0.850. The molecule has 2 saturated heterocycles. The van der Waals surface area contributed by atoms with Crippen LogP contribution in [0.1, 0.15) is 45.9 Å². The molecule has 1 atom stereocenters. The van der Waals surface area contributed by atoms with Gasteiger partial charge in [0.15, 0.2) is 5.96 Å². The van der Waals surface area contributed by atoms with Gasteiger partial charge in [-0.2, -0.15) is 4.37 Å². The Bertz CT molecular complexity index is 609. The Morgan fingerprint density at radius 1 is 1.21 bits per heavy atom. The van der Waals surface area contributed by atoms with Crippen molar-refractivity contribution in [3.05, 3.63) is 5.82 Å². The molecule has 2 aliphatic rings. The molecule has 0 amide bonds. The number of nitrogens with zero attached hydrogens (tertiary/aromatic N) is 6. The number of anilines is 1. The van der Waals surface area contributed by atoms with Gasteiger partial charge in [-0.1, -0.05) is 13.8 Å². The number of guanidine groups is 1. The van der Waals surface area contributed by atoms with Gasteiger partial charge in [-0.15, -0.1) is 0 Å². The van der Waals surface area contributed by atoms with Crippen molar-refractivity contribution in [3.8, 4) is 0 Å². The first-order valence-corrected chi connectivity index (χ1v) is 11.8. The predicted octanol–water partition coefficient (Wildman–Crippen LogP) is 2.31. The molecule has 28 heavy (non-hydrogen) atoms. The van der Waals surface area contributed by atoms with E-state index in [0.717, 1.165) is 74.9 Å². The van der Waals surface area contributed by atoms with Crippen LogP contribution in [-0.4, -0.2) is 84.0 Å². The van der Waals surface area contributed by atoms with Crippen LogP contribution in [0.4, 0.5) is 5.13 Å². The maximum absolute atomic E-state index is 4.92. The summed E-state index contributed by atoms with van der Waals surface area (Å²) in [7, 11) is 0. The maximum atomic E-state index is 4.92. The molecule has 1 N–H and O–H groups in total. The summed E-state index contributed by atoms with van der Waals surface area (Å²) in [6.07, 6.45) is 4.80. The zero-order chi connectivity index (χ0) is 19.8. The number of aromatic nitrogens is 2. The van der Waals surface area contributed by atoms with Crippen molar-refractivity contribution in [1.29, 1.82) is 0 Å². The summed E-state index contributed by atoms with van der Waals surface area (Å²) < 4.78 is 4.42. The summed E-state index contributed by atoms with van der Waals surface area (Å²) in [6, 6.07) is 0. The summed E-state index contributed by atoms with van der Waals surface area (Å²) in [4.78, 5) is 16.9. The largest absolute Gasteiger partial charge is 0.357 e. The number of piperidine rings is 1. The van der Waals surface area contributed by atoms with E-state index in [2.05, 4.69) is 50.1 Å². The average Bonchev–Trinajstić information content (AvgIpc) is 3.20. The molecule has 0 radical (unpaired) electrons. The molecule has 0 aliphatic carbocycles. The van der Waals surface area contributed by atoms with Crippen LogP contribution in [0.5, 0.6) is 0 Å². The molecule has 1 aromatic heterocycles. The van der Waals surface area contributed by atoms with Crippen LogP contribution < -0.4 is 10.2 Å². The molecule has 158 valence electrons. The summed E-state index contributed by atoms with van der Waals surface area (Å²) >= 11 is 1.53. The molecule has 8 heteroatoms. The van der Waals surface area contributed by atoms with Crippen molar-refractivity contribution >= 4 is 22.6 Å². The minimum absolute atomic E-state index is 0.854. The molecule has 3 heterocycles. The van der Waals surface area contributed by atoms with E-state index in [-0.39, 0.29) is 0 Å². The molecule has 0 spiro atoms. The molecule has 0 bridgehead atoms. The lowest BCUT2D eigenvalue weighted by molar-refractivity contribution is 0.183. The summed E-state index contributed by atoms with van der Waals surface area (Å²) in [6.45, 7) is 16.1. The number of hydrogen-bond donors (Lipinski definition) is 1. The summed E-state index contributed by atoms with van der Waals surface area (Å²) in [5.41, 5.74) is 0. The van der Waals surface area contributed by atoms with Crippen LogP contribution in [0.2, 0.25) is 0 Å². The van der Waals surface area contributed by atoms with Crippen LogP contribution in [0.25, 0.3) is 0 Å². The van der Waals surface area contributed by atoms with Gasteiger partial charge >= 0.3 is 0 Å². The molecule has 2 aliphatic heterocycles. The third kappa shape index (κ3) is 6.04. The second-order valence-corrected chi connectivity index (χ2v) is 8.69. The highest BCUT2D eigenvalue weighted by Crippen LogP contribution is 2.19. The fourth-order valence-corrected chi connectivity index (χ4v) is 4.82. The van der Waals surface area contributed by atoms with E-state index in [0.29, 0.717) is 0 Å². The van der Waals surface area contributed by atoms with E-state index in [9.17, 15) is 0 Å². The lowest BCUT2D eigenvalue weighted by Gasteiger charge is -2.36. The molecule has 0 saturated carbocycles. The third-order valence-corrected chi connectivity index (χ3v) is 6.41. The standard InChI is InChI=1S/C20H37N7S/c1-4-18-23-20(28-24-18)27-14-12-26(13-15-27)19(21-5-2)22-9-7-11-25-10-6-8-17(3)16-25/h17H,4-16H2,1-3H3,(H,21,22). The van der Waals surface area contributed by atoms with Gasteiger partial charge in [-0.25, -0.2) is 4.98 Å². The van der Waals surface area contributed by atoms with Gasteiger partial charge in [0.05, 0.1) is 0 Å². The summed E-state index contributed by atoms with van der Waals surface area (Å²) in [5.74, 6) is 2.88. The van der Waals surface area contributed by atoms with Gasteiger partial charge in [-0.05, 0) is 45.2 Å². The fourth-order valence-electron chi connectivity index (χ4n) is 4.02. The van der Waals surface area contributed by atoms with Crippen LogP contribution in [0.15, 0.2) is 4.99 Å². The van der Waals surface area contributed by atoms with Gasteiger partial charge in [0.2, 0.25) is 5.13 Å². The SMILES string of the molecule is CCNC(=NCCCN1CCCC(C)C1)N1CCN(c2nc(CC)ns2)CC1. The Hall–Kier alpha value is -1.41. The van der Waals surface area contributed by atoms with Gasteiger partial charge in [0.1, 0.15) is 5.82 Å². The van der Waals surface area contributed by atoms with E-state index < -0.39 is 0 Å². The lowest BCUT2D eigenvalue weighted by atomic mass is 10.0. The number of nitrogens with one attached hydrogen (secondary N) is 1. The first-order chi connectivity index (χ1) is 13.7. The molecule has 2 fully saturated rings. The van der Waals surface area contributed by atoms with E-state index in [1.54, 1.807) is 0 Å². The van der Waals surface area contributed by atoms with Crippen molar-refractivity contribution in [1.82, 2.24) is 24.5 Å². The van der Waals surface area contributed by atoms with E-state index in [1.165, 1.54) is 44.0 Å². The molecular formula is C20H37N7S. The Kier molecular flexibility index (Phi) is 8.33. The Morgan fingerprint density at radius 3 is 2.71 bits per heavy atom. The van der Waals surface area contributed by atoms with E-state index in [4.69, 9.17) is 4.99 Å². The quantitative estimate of drug-likeness (QED) is 0.425. The Balaban J connectivity index is 1.45. The molecular weight excluding hydrogens is 370 g/mol. The average molecular weight is 408 g/mol. The molecule has 1 unspecified atom stereocenters. The minimum Gasteiger partial charge on any atom is -0.357 e. The van der Waals surface area contributed by atoms with Crippen LogP contribution in [-0.2, 0) is 6.42 Å². The van der Waals surface area contributed by atoms with Gasteiger partial charge in [0.25, 0.3) is 0 Å². The zero-order valence-electron chi connectivity index (χ0n) is 17.9. The highest BCUT2D eigenvalue weighted by Gasteiger charge is 2.22. The lowest BCUT2D eigenvalue weighted by Crippen LogP contribution is -2.52. The van der Waals surface area contributed by atoms with E-state index >= 15 is 0 Å². The Morgan fingerprint density at radius 2 is 2.04 bits per heavy atom. The van der Waals surface area contributed by atoms with E-state index in [1.807, 2.05) is 0 Å². The first kappa shape index (κ1) is 21.3. The minimum atomic E-state index is 0.854. The number of hydrogen-bond acceptors (Lipinski definition) is 6. The molecule has 7 nitrogen and oxygen atoms in total.